The van der Waals surface area contributed by atoms with E-state index in [-0.39, 0.29) is 0 Å². The molecule has 3 nitrogen and oxygen atoms in total. The number of pyridine rings is 1. The number of aromatic nitrogens is 2. The molecular formula is C15H19N3S. The van der Waals surface area contributed by atoms with Crippen molar-refractivity contribution in [3.05, 3.63) is 34.6 Å². The molecule has 0 spiro atoms. The van der Waals surface area contributed by atoms with Gasteiger partial charge >= 0.3 is 0 Å². The first-order valence-corrected chi connectivity index (χ1v) is 7.66. The lowest BCUT2D eigenvalue weighted by Crippen LogP contribution is -2.20. The van der Waals surface area contributed by atoms with Crippen molar-refractivity contribution in [2.45, 2.75) is 32.1 Å². The van der Waals surface area contributed by atoms with Crippen molar-refractivity contribution in [3.8, 4) is 10.6 Å². The Bertz CT molecular complexity index is 577. The molecule has 0 amide bonds. The van der Waals surface area contributed by atoms with Crippen LogP contribution in [0.2, 0.25) is 0 Å². The molecule has 2 heterocycles. The Morgan fingerprint density at radius 3 is 3.16 bits per heavy atom. The SMILES string of the molecule is CNCC1CCCc2sc(-c3cnccc3C)nc21. The average Bonchev–Trinajstić information content (AvgIpc) is 2.84. The molecule has 2 aromatic heterocycles. The Balaban J connectivity index is 2.00. The van der Waals surface area contributed by atoms with E-state index in [9.17, 15) is 0 Å². The highest BCUT2D eigenvalue weighted by Gasteiger charge is 2.24. The molecule has 0 bridgehead atoms. The van der Waals surface area contributed by atoms with Crippen molar-refractivity contribution < 1.29 is 0 Å². The number of nitrogens with one attached hydrogen (secondary N) is 1. The first-order chi connectivity index (χ1) is 9.29. The van der Waals surface area contributed by atoms with Crippen molar-refractivity contribution in [2.24, 2.45) is 0 Å². The number of nitrogens with zero attached hydrogens (tertiary/aromatic N) is 2. The van der Waals surface area contributed by atoms with E-state index in [1.165, 1.54) is 41.0 Å². The third-order valence-electron chi connectivity index (χ3n) is 3.79. The predicted octanol–water partition coefficient (Wildman–Crippen LogP) is 3.15. The second kappa shape index (κ2) is 5.39. The maximum Gasteiger partial charge on any atom is 0.125 e. The number of hydrogen-bond acceptors (Lipinski definition) is 4. The van der Waals surface area contributed by atoms with Crippen LogP contribution >= 0.6 is 11.3 Å². The summed E-state index contributed by atoms with van der Waals surface area (Å²) >= 11 is 1.85. The van der Waals surface area contributed by atoms with Crippen LogP contribution in [0, 0.1) is 6.92 Å². The molecule has 0 aromatic carbocycles. The predicted molar refractivity (Wildman–Crippen MR) is 79.7 cm³/mol. The van der Waals surface area contributed by atoms with E-state index in [0.29, 0.717) is 5.92 Å². The van der Waals surface area contributed by atoms with Gasteiger partial charge in [-0.15, -0.1) is 11.3 Å². The molecule has 0 radical (unpaired) electrons. The lowest BCUT2D eigenvalue weighted by Gasteiger charge is -2.20. The molecule has 0 saturated carbocycles. The summed E-state index contributed by atoms with van der Waals surface area (Å²) in [5.41, 5.74) is 3.76. The fourth-order valence-corrected chi connectivity index (χ4v) is 4.02. The Hall–Kier alpha value is -1.26. The van der Waals surface area contributed by atoms with Crippen LogP contribution in [0.3, 0.4) is 0 Å². The van der Waals surface area contributed by atoms with Crippen LogP contribution in [0.15, 0.2) is 18.5 Å². The largest absolute Gasteiger partial charge is 0.319 e. The molecule has 4 heteroatoms. The van der Waals surface area contributed by atoms with E-state index in [1.54, 1.807) is 0 Å². The van der Waals surface area contributed by atoms with E-state index in [1.807, 2.05) is 30.8 Å². The van der Waals surface area contributed by atoms with E-state index < -0.39 is 0 Å². The molecule has 3 rings (SSSR count). The van der Waals surface area contributed by atoms with Crippen molar-refractivity contribution in [1.82, 2.24) is 15.3 Å². The Labute approximate surface area is 118 Å². The van der Waals surface area contributed by atoms with Crippen LogP contribution in [0.1, 0.15) is 34.9 Å². The zero-order valence-electron chi connectivity index (χ0n) is 11.4. The minimum Gasteiger partial charge on any atom is -0.319 e. The number of hydrogen-bond donors (Lipinski definition) is 1. The van der Waals surface area contributed by atoms with Gasteiger partial charge in [-0.05, 0) is 44.9 Å². The highest BCUT2D eigenvalue weighted by atomic mass is 32.1. The number of fused-ring (bicyclic) bond motifs is 1. The Kier molecular flexibility index (Phi) is 3.62. The average molecular weight is 273 g/mol. The molecule has 0 aliphatic heterocycles. The van der Waals surface area contributed by atoms with E-state index in [2.05, 4.69) is 23.3 Å². The number of rotatable bonds is 3. The van der Waals surface area contributed by atoms with Gasteiger partial charge in [0, 0.05) is 35.3 Å². The lowest BCUT2D eigenvalue weighted by atomic mass is 9.91. The fourth-order valence-electron chi connectivity index (χ4n) is 2.76. The summed E-state index contributed by atoms with van der Waals surface area (Å²) in [5.74, 6) is 0.579. The molecule has 2 aromatic rings. The maximum absolute atomic E-state index is 4.92. The van der Waals surface area contributed by atoms with Gasteiger partial charge < -0.3 is 5.32 Å². The van der Waals surface area contributed by atoms with Gasteiger partial charge in [-0.3, -0.25) is 4.98 Å². The fraction of sp³-hybridized carbons (Fsp3) is 0.467. The molecule has 1 N–H and O–H groups in total. The molecule has 0 fully saturated rings. The van der Waals surface area contributed by atoms with Crippen LogP contribution in [-0.4, -0.2) is 23.6 Å². The molecule has 1 aliphatic carbocycles. The first kappa shape index (κ1) is 12.8. The molecule has 19 heavy (non-hydrogen) atoms. The van der Waals surface area contributed by atoms with E-state index in [0.717, 1.165) is 11.6 Å². The van der Waals surface area contributed by atoms with Gasteiger partial charge in [0.05, 0.1) is 5.69 Å². The zero-order chi connectivity index (χ0) is 13.2. The van der Waals surface area contributed by atoms with E-state index in [4.69, 9.17) is 4.98 Å². The smallest absolute Gasteiger partial charge is 0.125 e. The molecule has 100 valence electrons. The normalized spacial score (nSPS) is 18.3. The zero-order valence-corrected chi connectivity index (χ0v) is 12.3. The molecule has 0 saturated heterocycles. The summed E-state index contributed by atoms with van der Waals surface area (Å²) in [6.45, 7) is 3.16. The van der Waals surface area contributed by atoms with Crippen molar-refractivity contribution in [1.29, 1.82) is 0 Å². The van der Waals surface area contributed by atoms with Gasteiger partial charge in [0.25, 0.3) is 0 Å². The molecule has 1 unspecified atom stereocenters. The van der Waals surface area contributed by atoms with E-state index >= 15 is 0 Å². The summed E-state index contributed by atoms with van der Waals surface area (Å²) in [4.78, 5) is 10.6. The van der Waals surface area contributed by atoms with Crippen molar-refractivity contribution in [2.75, 3.05) is 13.6 Å². The molecule has 1 atom stereocenters. The molecule has 1 aliphatic rings. The maximum atomic E-state index is 4.92. The first-order valence-electron chi connectivity index (χ1n) is 6.84. The highest BCUT2D eigenvalue weighted by Crippen LogP contribution is 2.38. The standard InChI is InChI=1S/C15H19N3S/c1-10-6-7-17-9-12(10)15-18-14-11(8-16-2)4-3-5-13(14)19-15/h6-7,9,11,16H,3-5,8H2,1-2H3. The molecular weight excluding hydrogens is 254 g/mol. The third-order valence-corrected chi connectivity index (χ3v) is 4.95. The Morgan fingerprint density at radius 2 is 2.37 bits per heavy atom. The van der Waals surface area contributed by atoms with Crippen molar-refractivity contribution in [3.63, 3.8) is 0 Å². The number of thiazole rings is 1. The Morgan fingerprint density at radius 1 is 1.47 bits per heavy atom. The second-order valence-electron chi connectivity index (χ2n) is 5.16. The summed E-state index contributed by atoms with van der Waals surface area (Å²) in [5, 5.41) is 4.43. The van der Waals surface area contributed by atoms with Crippen LogP contribution in [0.5, 0.6) is 0 Å². The highest BCUT2D eigenvalue weighted by molar-refractivity contribution is 7.15. The monoisotopic (exact) mass is 273 g/mol. The van der Waals surface area contributed by atoms with Gasteiger partial charge in [-0.1, -0.05) is 0 Å². The van der Waals surface area contributed by atoms with Gasteiger partial charge in [0.2, 0.25) is 0 Å². The number of likely N-dealkylation sites (N-methyl/N-ethyl adjacent to an activating group) is 1. The third kappa shape index (κ3) is 2.42. The van der Waals surface area contributed by atoms with Crippen molar-refractivity contribution >= 4 is 11.3 Å². The van der Waals surface area contributed by atoms with Crippen LogP contribution in [-0.2, 0) is 6.42 Å². The van der Waals surface area contributed by atoms with Gasteiger partial charge in [-0.2, -0.15) is 0 Å². The summed E-state index contributed by atoms with van der Waals surface area (Å²) in [6, 6.07) is 2.06. The van der Waals surface area contributed by atoms with Crippen LogP contribution in [0.4, 0.5) is 0 Å². The number of aryl methyl sites for hydroxylation is 2. The summed E-state index contributed by atoms with van der Waals surface area (Å²) in [7, 11) is 2.02. The van der Waals surface area contributed by atoms with Crippen LogP contribution < -0.4 is 5.32 Å². The van der Waals surface area contributed by atoms with Gasteiger partial charge in [0.1, 0.15) is 5.01 Å². The second-order valence-corrected chi connectivity index (χ2v) is 6.25. The summed E-state index contributed by atoms with van der Waals surface area (Å²) < 4.78 is 0. The minimum absolute atomic E-state index is 0.579. The quantitative estimate of drug-likeness (QED) is 0.933. The van der Waals surface area contributed by atoms with Gasteiger partial charge in [0.15, 0.2) is 0 Å². The topological polar surface area (TPSA) is 37.8 Å². The van der Waals surface area contributed by atoms with Gasteiger partial charge in [-0.25, -0.2) is 4.98 Å². The van der Waals surface area contributed by atoms with Crippen LogP contribution in [0.25, 0.3) is 10.6 Å². The summed E-state index contributed by atoms with van der Waals surface area (Å²) in [6.07, 6.45) is 7.51. The minimum atomic E-state index is 0.579. The lowest BCUT2D eigenvalue weighted by molar-refractivity contribution is 0.523.